The molecule has 150 valence electrons. The van der Waals surface area contributed by atoms with Crippen molar-refractivity contribution < 1.29 is 13.2 Å². The lowest BCUT2D eigenvalue weighted by Gasteiger charge is -2.09. The zero-order valence-corrected chi connectivity index (χ0v) is 17.1. The number of benzene rings is 2. The number of methoxy groups -OCH3 is 1. The van der Waals surface area contributed by atoms with E-state index < -0.39 is 10.0 Å². The summed E-state index contributed by atoms with van der Waals surface area (Å²) in [5.41, 5.74) is 5.21. The largest absolute Gasteiger partial charge is 0.497 e. The number of sulfonamides is 1. The summed E-state index contributed by atoms with van der Waals surface area (Å²) in [5, 5.41) is 4.13. The van der Waals surface area contributed by atoms with E-state index in [1.54, 1.807) is 38.4 Å². The molecule has 0 atom stereocenters. The van der Waals surface area contributed by atoms with Gasteiger partial charge in [0, 0.05) is 11.8 Å². The van der Waals surface area contributed by atoms with Crippen molar-refractivity contribution in [2.45, 2.75) is 18.7 Å². The SMILES string of the molecule is COc1ccc(/C=N/Nc2cc(C)nc(NS(=O)(=O)c3ccc(C)cc3)n2)cc1. The van der Waals surface area contributed by atoms with Crippen LogP contribution in [-0.2, 0) is 10.0 Å². The Labute approximate surface area is 169 Å². The Bertz CT molecular complexity index is 1110. The maximum absolute atomic E-state index is 12.5. The average Bonchev–Trinajstić information content (AvgIpc) is 2.68. The lowest BCUT2D eigenvalue weighted by atomic mass is 10.2. The second kappa shape index (κ2) is 8.70. The summed E-state index contributed by atoms with van der Waals surface area (Å²) in [7, 11) is -2.18. The average molecular weight is 411 g/mol. The molecule has 0 aliphatic carbocycles. The van der Waals surface area contributed by atoms with Gasteiger partial charge in [-0.2, -0.15) is 10.1 Å². The van der Waals surface area contributed by atoms with Gasteiger partial charge in [-0.3, -0.25) is 5.43 Å². The fourth-order valence-electron chi connectivity index (χ4n) is 2.43. The molecule has 0 unspecified atom stereocenters. The third-order valence-electron chi connectivity index (χ3n) is 3.92. The number of ether oxygens (including phenoxy) is 1. The molecule has 3 rings (SSSR count). The first kappa shape index (κ1) is 20.3. The molecule has 2 aromatic carbocycles. The third-order valence-corrected chi connectivity index (χ3v) is 5.26. The van der Waals surface area contributed by atoms with E-state index in [4.69, 9.17) is 4.74 Å². The minimum atomic E-state index is -3.79. The van der Waals surface area contributed by atoms with Crippen molar-refractivity contribution in [1.29, 1.82) is 0 Å². The maximum atomic E-state index is 12.5. The van der Waals surface area contributed by atoms with Gasteiger partial charge < -0.3 is 4.74 Å². The van der Waals surface area contributed by atoms with Crippen molar-refractivity contribution in [3.63, 3.8) is 0 Å². The van der Waals surface area contributed by atoms with Crippen molar-refractivity contribution in [3.05, 3.63) is 71.4 Å². The molecule has 0 aliphatic heterocycles. The van der Waals surface area contributed by atoms with Crippen LogP contribution in [0.15, 0.2) is 64.6 Å². The monoisotopic (exact) mass is 411 g/mol. The predicted molar refractivity (Wildman–Crippen MR) is 113 cm³/mol. The molecule has 0 aliphatic rings. The molecule has 1 aromatic heterocycles. The van der Waals surface area contributed by atoms with Crippen LogP contribution in [0, 0.1) is 13.8 Å². The number of aryl methyl sites for hydroxylation is 2. The van der Waals surface area contributed by atoms with Crippen molar-refractivity contribution in [1.82, 2.24) is 9.97 Å². The van der Waals surface area contributed by atoms with Gasteiger partial charge in [0.05, 0.1) is 18.2 Å². The quantitative estimate of drug-likeness (QED) is 0.456. The van der Waals surface area contributed by atoms with Gasteiger partial charge in [-0.05, 0) is 55.8 Å². The second-order valence-corrected chi connectivity index (χ2v) is 7.96. The molecule has 0 amide bonds. The molecule has 0 fully saturated rings. The number of aromatic nitrogens is 2. The van der Waals surface area contributed by atoms with Gasteiger partial charge in [-0.15, -0.1) is 0 Å². The third kappa shape index (κ3) is 5.52. The topological polar surface area (TPSA) is 106 Å². The van der Waals surface area contributed by atoms with Crippen LogP contribution >= 0.6 is 0 Å². The number of anilines is 2. The number of hydrazone groups is 1. The summed E-state index contributed by atoms with van der Waals surface area (Å²) in [6.45, 7) is 3.63. The van der Waals surface area contributed by atoms with E-state index in [0.717, 1.165) is 16.9 Å². The molecule has 29 heavy (non-hydrogen) atoms. The summed E-state index contributed by atoms with van der Waals surface area (Å²) in [6.07, 6.45) is 1.62. The van der Waals surface area contributed by atoms with E-state index in [-0.39, 0.29) is 10.8 Å². The van der Waals surface area contributed by atoms with E-state index in [9.17, 15) is 8.42 Å². The van der Waals surface area contributed by atoms with E-state index in [0.29, 0.717) is 11.5 Å². The molecule has 2 N–H and O–H groups in total. The van der Waals surface area contributed by atoms with E-state index >= 15 is 0 Å². The number of nitrogens with zero attached hydrogens (tertiary/aromatic N) is 3. The molecular formula is C20H21N5O3S. The summed E-state index contributed by atoms with van der Waals surface area (Å²) >= 11 is 0. The Hall–Kier alpha value is -3.46. The van der Waals surface area contributed by atoms with E-state index in [2.05, 4.69) is 25.2 Å². The van der Waals surface area contributed by atoms with Crippen molar-refractivity contribution in [2.75, 3.05) is 17.3 Å². The first-order chi connectivity index (χ1) is 13.9. The molecule has 3 aromatic rings. The number of hydrogen-bond donors (Lipinski definition) is 2. The molecule has 0 saturated heterocycles. The molecule has 0 spiro atoms. The van der Waals surface area contributed by atoms with Crippen molar-refractivity contribution in [3.8, 4) is 5.75 Å². The van der Waals surface area contributed by atoms with Crippen LogP contribution in [0.1, 0.15) is 16.8 Å². The fraction of sp³-hybridized carbons (Fsp3) is 0.150. The minimum absolute atomic E-state index is 0.0345. The van der Waals surface area contributed by atoms with Crippen molar-refractivity contribution in [2.24, 2.45) is 5.10 Å². The Morgan fingerprint density at radius 2 is 1.69 bits per heavy atom. The fourth-order valence-corrected chi connectivity index (χ4v) is 3.37. The predicted octanol–water partition coefficient (Wildman–Crippen LogP) is 3.35. The first-order valence-corrected chi connectivity index (χ1v) is 10.2. The summed E-state index contributed by atoms with van der Waals surface area (Å²) in [5.74, 6) is 1.09. The maximum Gasteiger partial charge on any atom is 0.264 e. The molecule has 8 nitrogen and oxygen atoms in total. The van der Waals surface area contributed by atoms with Gasteiger partial charge in [0.2, 0.25) is 5.95 Å². The Morgan fingerprint density at radius 1 is 1.00 bits per heavy atom. The summed E-state index contributed by atoms with van der Waals surface area (Å²) in [6, 6.07) is 15.6. The van der Waals surface area contributed by atoms with Gasteiger partial charge in [-0.1, -0.05) is 17.7 Å². The standard InChI is InChI=1S/C20H21N5O3S/c1-14-4-10-18(11-5-14)29(26,27)25-20-22-15(2)12-19(23-20)24-21-13-16-6-8-17(28-3)9-7-16/h4-13H,1-3H3,(H2,22,23,24,25)/b21-13+. The van der Waals surface area contributed by atoms with Crippen LogP contribution in [-0.4, -0.2) is 31.7 Å². The molecule has 0 bridgehead atoms. The van der Waals surface area contributed by atoms with Crippen LogP contribution in [0.25, 0.3) is 0 Å². The summed E-state index contributed by atoms with van der Waals surface area (Å²) < 4.78 is 32.6. The Balaban J connectivity index is 1.73. The number of nitrogens with one attached hydrogen (secondary N) is 2. The van der Waals surface area contributed by atoms with Crippen LogP contribution in [0.2, 0.25) is 0 Å². The highest BCUT2D eigenvalue weighted by Crippen LogP contribution is 2.16. The smallest absolute Gasteiger partial charge is 0.264 e. The highest BCUT2D eigenvalue weighted by Gasteiger charge is 2.16. The number of hydrogen-bond acceptors (Lipinski definition) is 7. The highest BCUT2D eigenvalue weighted by molar-refractivity contribution is 7.92. The van der Waals surface area contributed by atoms with Crippen LogP contribution in [0.4, 0.5) is 11.8 Å². The van der Waals surface area contributed by atoms with Gasteiger partial charge in [0.15, 0.2) is 5.82 Å². The van der Waals surface area contributed by atoms with Crippen LogP contribution in [0.5, 0.6) is 5.75 Å². The molecule has 0 radical (unpaired) electrons. The zero-order chi connectivity index (χ0) is 20.9. The number of rotatable bonds is 7. The molecule has 1 heterocycles. The second-order valence-electron chi connectivity index (χ2n) is 6.28. The van der Waals surface area contributed by atoms with E-state index in [1.165, 1.54) is 12.1 Å². The lowest BCUT2D eigenvalue weighted by molar-refractivity contribution is 0.415. The van der Waals surface area contributed by atoms with E-state index in [1.807, 2.05) is 31.2 Å². The molecule has 0 saturated carbocycles. The first-order valence-electron chi connectivity index (χ1n) is 8.74. The van der Waals surface area contributed by atoms with Gasteiger partial charge in [0.25, 0.3) is 10.0 Å². The minimum Gasteiger partial charge on any atom is -0.497 e. The van der Waals surface area contributed by atoms with Gasteiger partial charge >= 0.3 is 0 Å². The Morgan fingerprint density at radius 3 is 2.34 bits per heavy atom. The van der Waals surface area contributed by atoms with Crippen LogP contribution in [0.3, 0.4) is 0 Å². The van der Waals surface area contributed by atoms with Crippen molar-refractivity contribution >= 4 is 28.0 Å². The summed E-state index contributed by atoms with van der Waals surface area (Å²) in [4.78, 5) is 8.45. The highest BCUT2D eigenvalue weighted by atomic mass is 32.2. The Kier molecular flexibility index (Phi) is 6.08. The lowest BCUT2D eigenvalue weighted by Crippen LogP contribution is -2.15. The van der Waals surface area contributed by atoms with Crippen LogP contribution < -0.4 is 14.9 Å². The van der Waals surface area contributed by atoms with Gasteiger partial charge in [0.1, 0.15) is 5.75 Å². The molecular weight excluding hydrogens is 390 g/mol. The zero-order valence-electron chi connectivity index (χ0n) is 16.2. The van der Waals surface area contributed by atoms with Gasteiger partial charge in [-0.25, -0.2) is 18.1 Å². The normalized spacial score (nSPS) is 11.4. The molecule has 9 heteroatoms.